The molecule has 0 spiro atoms. The Morgan fingerprint density at radius 2 is 1.79 bits per heavy atom. The third kappa shape index (κ3) is 4.71. The molecule has 1 atom stereocenters. The van der Waals surface area contributed by atoms with Crippen LogP contribution in [0.4, 0.5) is 16.2 Å². The van der Waals surface area contributed by atoms with Gasteiger partial charge in [0.05, 0.1) is 11.5 Å². The van der Waals surface area contributed by atoms with Gasteiger partial charge in [0.25, 0.3) is 0 Å². The Bertz CT molecular complexity index is 890. The molecule has 1 heterocycles. The van der Waals surface area contributed by atoms with Crippen molar-refractivity contribution in [2.45, 2.75) is 37.2 Å². The van der Waals surface area contributed by atoms with Crippen molar-refractivity contribution >= 4 is 34.9 Å². The molecule has 3 amide bonds. The number of amides is 3. The van der Waals surface area contributed by atoms with Crippen LogP contribution < -0.4 is 16.0 Å². The minimum Gasteiger partial charge on any atom is -0.376 e. The van der Waals surface area contributed by atoms with Crippen LogP contribution in [0.25, 0.3) is 0 Å². The summed E-state index contributed by atoms with van der Waals surface area (Å²) in [6.45, 7) is 1.27. The second kappa shape index (κ2) is 8.43. The first-order valence-electron chi connectivity index (χ1n) is 9.89. The summed E-state index contributed by atoms with van der Waals surface area (Å²) < 4.78 is 5.49. The topological polar surface area (TPSA) is 79.5 Å². The first-order chi connectivity index (χ1) is 14.0. The maximum Gasteiger partial charge on any atom is 0.319 e. The molecule has 2 fully saturated rings. The van der Waals surface area contributed by atoms with Gasteiger partial charge in [-0.2, -0.15) is 0 Å². The fraction of sp³-hybridized carbons (Fsp3) is 0.364. The van der Waals surface area contributed by atoms with Crippen LogP contribution in [-0.2, 0) is 14.9 Å². The molecule has 29 heavy (non-hydrogen) atoms. The Morgan fingerprint density at radius 3 is 2.41 bits per heavy atom. The molecule has 1 aliphatic heterocycles. The molecular formula is C22H24ClN3O3. The number of hydrogen-bond donors (Lipinski definition) is 3. The lowest BCUT2D eigenvalue weighted by Gasteiger charge is -2.16. The van der Waals surface area contributed by atoms with Crippen molar-refractivity contribution in [3.8, 4) is 0 Å². The number of hydrogen-bond acceptors (Lipinski definition) is 3. The highest BCUT2D eigenvalue weighted by Gasteiger charge is 2.51. The normalized spacial score (nSPS) is 19.4. The number of carbonyl (C=O) groups excluding carboxylic acids is 2. The van der Waals surface area contributed by atoms with Crippen LogP contribution in [0.5, 0.6) is 0 Å². The third-order valence-electron chi connectivity index (χ3n) is 5.48. The lowest BCUT2D eigenvalue weighted by Crippen LogP contribution is -2.35. The predicted molar refractivity (Wildman–Crippen MR) is 113 cm³/mol. The molecule has 2 aromatic rings. The molecule has 2 aliphatic rings. The number of carbonyl (C=O) groups is 2. The molecule has 152 valence electrons. The van der Waals surface area contributed by atoms with Crippen LogP contribution in [-0.4, -0.2) is 31.2 Å². The van der Waals surface area contributed by atoms with E-state index >= 15 is 0 Å². The van der Waals surface area contributed by atoms with Crippen molar-refractivity contribution < 1.29 is 14.3 Å². The zero-order chi connectivity index (χ0) is 20.3. The summed E-state index contributed by atoms with van der Waals surface area (Å²) in [5, 5.41) is 9.22. The van der Waals surface area contributed by atoms with E-state index in [1.54, 1.807) is 24.3 Å². The van der Waals surface area contributed by atoms with E-state index < -0.39 is 5.41 Å². The van der Waals surface area contributed by atoms with Crippen molar-refractivity contribution in [3.05, 3.63) is 59.1 Å². The molecule has 0 bridgehead atoms. The van der Waals surface area contributed by atoms with Gasteiger partial charge in [0, 0.05) is 29.5 Å². The molecular weight excluding hydrogens is 390 g/mol. The van der Waals surface area contributed by atoms with Gasteiger partial charge in [-0.3, -0.25) is 4.79 Å². The second-order valence-electron chi connectivity index (χ2n) is 7.59. The van der Waals surface area contributed by atoms with Gasteiger partial charge >= 0.3 is 6.03 Å². The van der Waals surface area contributed by atoms with E-state index in [1.807, 2.05) is 24.3 Å². The highest BCUT2D eigenvalue weighted by Crippen LogP contribution is 2.49. The SMILES string of the molecule is O=C(NCC1CCCO1)Nc1ccc(NC(=O)C2(c3cccc(Cl)c3)CC2)cc1. The maximum absolute atomic E-state index is 12.8. The van der Waals surface area contributed by atoms with Gasteiger partial charge < -0.3 is 20.7 Å². The summed E-state index contributed by atoms with van der Waals surface area (Å²) in [6.07, 6.45) is 3.74. The van der Waals surface area contributed by atoms with Crippen molar-refractivity contribution in [1.82, 2.24) is 5.32 Å². The lowest BCUT2D eigenvalue weighted by molar-refractivity contribution is -0.118. The third-order valence-corrected chi connectivity index (χ3v) is 5.71. The average Bonchev–Trinajstić information content (AvgIpc) is 3.37. The molecule has 0 radical (unpaired) electrons. The molecule has 0 aromatic heterocycles. The summed E-state index contributed by atoms with van der Waals surface area (Å²) in [5.74, 6) is -0.0326. The van der Waals surface area contributed by atoms with E-state index in [4.69, 9.17) is 16.3 Å². The first-order valence-corrected chi connectivity index (χ1v) is 10.3. The summed E-state index contributed by atoms with van der Waals surface area (Å²) in [6, 6.07) is 14.3. The van der Waals surface area contributed by atoms with Crippen LogP contribution in [0.15, 0.2) is 48.5 Å². The summed E-state index contributed by atoms with van der Waals surface area (Å²) in [7, 11) is 0. The van der Waals surface area contributed by atoms with Crippen molar-refractivity contribution in [1.29, 1.82) is 0 Å². The van der Waals surface area contributed by atoms with Crippen LogP contribution in [0.1, 0.15) is 31.2 Å². The first kappa shape index (κ1) is 19.7. The molecule has 1 saturated heterocycles. The van der Waals surface area contributed by atoms with E-state index in [2.05, 4.69) is 16.0 Å². The van der Waals surface area contributed by atoms with Crippen molar-refractivity contribution in [2.75, 3.05) is 23.8 Å². The standard InChI is InChI=1S/C22H24ClN3O3/c23-16-4-1-3-15(13-16)22(10-11-22)20(27)25-17-6-8-18(9-7-17)26-21(28)24-14-19-5-2-12-29-19/h1,3-4,6-9,13,19H,2,5,10-12,14H2,(H,25,27)(H2,24,26,28). The highest BCUT2D eigenvalue weighted by molar-refractivity contribution is 6.30. The van der Waals surface area contributed by atoms with Crippen molar-refractivity contribution in [2.24, 2.45) is 0 Å². The smallest absolute Gasteiger partial charge is 0.319 e. The minimum atomic E-state index is -0.496. The summed E-state index contributed by atoms with van der Waals surface area (Å²) in [5.41, 5.74) is 1.80. The Labute approximate surface area is 175 Å². The van der Waals surface area contributed by atoms with Gasteiger partial charge in [-0.15, -0.1) is 0 Å². The Kier molecular flexibility index (Phi) is 5.74. The molecule has 3 N–H and O–H groups in total. The summed E-state index contributed by atoms with van der Waals surface area (Å²) in [4.78, 5) is 24.8. The highest BCUT2D eigenvalue weighted by atomic mass is 35.5. The lowest BCUT2D eigenvalue weighted by atomic mass is 9.95. The Hall–Kier alpha value is -2.57. The average molecular weight is 414 g/mol. The maximum atomic E-state index is 12.8. The number of ether oxygens (including phenoxy) is 1. The van der Waals surface area contributed by atoms with Gasteiger partial charge in [-0.05, 0) is 67.6 Å². The van der Waals surface area contributed by atoms with Gasteiger partial charge in [-0.1, -0.05) is 23.7 Å². The number of halogens is 1. The number of urea groups is 1. The van der Waals surface area contributed by atoms with Gasteiger partial charge in [-0.25, -0.2) is 4.79 Å². The Morgan fingerprint density at radius 1 is 1.07 bits per heavy atom. The molecule has 1 saturated carbocycles. The van der Waals surface area contributed by atoms with E-state index in [1.165, 1.54) is 0 Å². The number of rotatable bonds is 6. The fourth-order valence-electron chi connectivity index (χ4n) is 3.63. The molecule has 1 unspecified atom stereocenters. The van der Waals surface area contributed by atoms with Crippen molar-refractivity contribution in [3.63, 3.8) is 0 Å². The number of benzene rings is 2. The molecule has 1 aliphatic carbocycles. The quantitative estimate of drug-likeness (QED) is 0.660. The molecule has 6 nitrogen and oxygen atoms in total. The van der Waals surface area contributed by atoms with Gasteiger partial charge in [0.2, 0.25) is 5.91 Å². The number of nitrogens with one attached hydrogen (secondary N) is 3. The van der Waals surface area contributed by atoms with E-state index in [0.29, 0.717) is 22.9 Å². The van der Waals surface area contributed by atoms with Gasteiger partial charge in [0.15, 0.2) is 0 Å². The Balaban J connectivity index is 1.31. The zero-order valence-electron chi connectivity index (χ0n) is 16.0. The number of anilines is 2. The van der Waals surface area contributed by atoms with Crippen LogP contribution in [0.2, 0.25) is 5.02 Å². The van der Waals surface area contributed by atoms with Crippen LogP contribution >= 0.6 is 11.6 Å². The van der Waals surface area contributed by atoms with E-state index in [0.717, 1.165) is 37.9 Å². The van der Waals surface area contributed by atoms with Crippen LogP contribution in [0, 0.1) is 0 Å². The molecule has 7 heteroatoms. The van der Waals surface area contributed by atoms with Gasteiger partial charge in [0.1, 0.15) is 0 Å². The summed E-state index contributed by atoms with van der Waals surface area (Å²) >= 11 is 6.08. The fourth-order valence-corrected chi connectivity index (χ4v) is 3.82. The predicted octanol–water partition coefficient (Wildman–Crippen LogP) is 4.31. The molecule has 4 rings (SSSR count). The van der Waals surface area contributed by atoms with E-state index in [-0.39, 0.29) is 18.0 Å². The monoisotopic (exact) mass is 413 g/mol. The molecule has 2 aromatic carbocycles. The zero-order valence-corrected chi connectivity index (χ0v) is 16.8. The minimum absolute atomic E-state index is 0.0326. The second-order valence-corrected chi connectivity index (χ2v) is 8.03. The largest absolute Gasteiger partial charge is 0.376 e. The van der Waals surface area contributed by atoms with Crippen LogP contribution in [0.3, 0.4) is 0 Å². The van der Waals surface area contributed by atoms with E-state index in [9.17, 15) is 9.59 Å².